The highest BCUT2D eigenvalue weighted by molar-refractivity contribution is 5.97. The minimum Gasteiger partial charge on any atom is -0.465 e. The molecule has 0 saturated heterocycles. The molecule has 0 bridgehead atoms. The van der Waals surface area contributed by atoms with Crippen molar-refractivity contribution in [1.82, 2.24) is 10.3 Å². The molecule has 2 N–H and O–H groups in total. The molecule has 1 aromatic heterocycles. The number of carbonyl (C=O) groups excluding carboxylic acids is 2. The van der Waals surface area contributed by atoms with Gasteiger partial charge in [-0.05, 0) is 31.0 Å². The average Bonchev–Trinajstić information content (AvgIpc) is 2.96. The Bertz CT molecular complexity index is 799. The number of hydrogen-bond donors (Lipinski definition) is 2. The van der Waals surface area contributed by atoms with Gasteiger partial charge < -0.3 is 15.4 Å². The van der Waals surface area contributed by atoms with Crippen LogP contribution in [0.4, 0.5) is 11.4 Å². The highest BCUT2D eigenvalue weighted by Crippen LogP contribution is 2.22. The molecule has 1 fully saturated rings. The molecule has 1 aromatic carbocycles. The van der Waals surface area contributed by atoms with E-state index in [4.69, 9.17) is 4.74 Å². The second kappa shape index (κ2) is 9.16. The molecule has 6 nitrogen and oxygen atoms in total. The number of carbonyl (C=O) groups is 2. The third-order valence-electron chi connectivity index (χ3n) is 4.80. The molecule has 1 heterocycles. The number of pyridine rings is 1. The quantitative estimate of drug-likeness (QED) is 0.615. The van der Waals surface area contributed by atoms with Crippen molar-refractivity contribution in [2.45, 2.75) is 44.6 Å². The first-order valence-corrected chi connectivity index (χ1v) is 9.37. The summed E-state index contributed by atoms with van der Waals surface area (Å²) in [6, 6.07) is 9.04. The largest absolute Gasteiger partial charge is 0.465 e. The van der Waals surface area contributed by atoms with E-state index in [9.17, 15) is 9.59 Å². The molecule has 0 unspecified atom stereocenters. The number of benzene rings is 1. The number of esters is 1. The molecule has 6 heteroatoms. The number of para-hydroxylation sites is 1. The van der Waals surface area contributed by atoms with Crippen LogP contribution in [0.2, 0.25) is 0 Å². The Morgan fingerprint density at radius 3 is 2.56 bits per heavy atom. The lowest BCUT2D eigenvalue weighted by molar-refractivity contribution is 0.0601. The number of nitrogens with one attached hydrogen (secondary N) is 2. The number of nitrogens with zero attached hydrogens (tertiary/aromatic N) is 1. The average molecular weight is 367 g/mol. The number of amides is 1. The molecule has 1 aliphatic rings. The molecule has 142 valence electrons. The molecule has 1 saturated carbocycles. The van der Waals surface area contributed by atoms with Crippen LogP contribution in [-0.2, 0) is 4.74 Å². The topological polar surface area (TPSA) is 80.3 Å². The minimum atomic E-state index is -0.423. The molecule has 2 aromatic rings. The van der Waals surface area contributed by atoms with Gasteiger partial charge in [0.25, 0.3) is 5.91 Å². The van der Waals surface area contributed by atoms with E-state index in [0.29, 0.717) is 22.5 Å². The molecule has 1 aliphatic carbocycles. The van der Waals surface area contributed by atoms with Gasteiger partial charge in [-0.3, -0.25) is 9.78 Å². The van der Waals surface area contributed by atoms with Gasteiger partial charge >= 0.3 is 5.97 Å². The SMILES string of the molecule is COC(=O)c1ccccc1Nc1cncc(C(=O)NC2CCCCCC2)c1. The maximum absolute atomic E-state index is 12.6. The summed E-state index contributed by atoms with van der Waals surface area (Å²) in [5.41, 5.74) is 2.17. The summed E-state index contributed by atoms with van der Waals surface area (Å²) < 4.78 is 4.81. The van der Waals surface area contributed by atoms with E-state index in [0.717, 1.165) is 25.7 Å². The van der Waals surface area contributed by atoms with E-state index < -0.39 is 5.97 Å². The van der Waals surface area contributed by atoms with Crippen LogP contribution in [0.25, 0.3) is 0 Å². The molecule has 27 heavy (non-hydrogen) atoms. The van der Waals surface area contributed by atoms with Gasteiger partial charge in [-0.15, -0.1) is 0 Å². The molecule has 1 amide bonds. The number of ether oxygens (including phenoxy) is 1. The highest BCUT2D eigenvalue weighted by atomic mass is 16.5. The Balaban J connectivity index is 1.72. The van der Waals surface area contributed by atoms with Crippen LogP contribution in [0.3, 0.4) is 0 Å². The molecular formula is C21H25N3O3. The van der Waals surface area contributed by atoms with E-state index in [1.807, 2.05) is 6.07 Å². The summed E-state index contributed by atoms with van der Waals surface area (Å²) in [6.45, 7) is 0. The van der Waals surface area contributed by atoms with Crippen molar-refractivity contribution in [2.75, 3.05) is 12.4 Å². The molecular weight excluding hydrogens is 342 g/mol. The Hall–Kier alpha value is -2.89. The van der Waals surface area contributed by atoms with Gasteiger partial charge in [0.15, 0.2) is 0 Å². The van der Waals surface area contributed by atoms with E-state index in [2.05, 4.69) is 15.6 Å². The van der Waals surface area contributed by atoms with Crippen LogP contribution in [0, 0.1) is 0 Å². The predicted molar refractivity (Wildman–Crippen MR) is 104 cm³/mol. The number of methoxy groups -OCH3 is 1. The normalized spacial score (nSPS) is 14.9. The van der Waals surface area contributed by atoms with Crippen molar-refractivity contribution in [3.8, 4) is 0 Å². The summed E-state index contributed by atoms with van der Waals surface area (Å²) in [4.78, 5) is 28.7. The first-order chi connectivity index (χ1) is 13.2. The standard InChI is InChI=1S/C21H25N3O3/c1-27-21(26)18-10-6-7-11-19(18)23-17-12-15(13-22-14-17)20(25)24-16-8-4-2-3-5-9-16/h6-7,10-14,16,23H,2-5,8-9H2,1H3,(H,24,25). The zero-order valence-electron chi connectivity index (χ0n) is 15.5. The van der Waals surface area contributed by atoms with E-state index >= 15 is 0 Å². The number of anilines is 2. The smallest absolute Gasteiger partial charge is 0.339 e. The van der Waals surface area contributed by atoms with Crippen LogP contribution >= 0.6 is 0 Å². The number of hydrogen-bond acceptors (Lipinski definition) is 5. The summed E-state index contributed by atoms with van der Waals surface area (Å²) in [6.07, 6.45) is 10.1. The first-order valence-electron chi connectivity index (χ1n) is 9.37. The molecule has 0 radical (unpaired) electrons. The third kappa shape index (κ3) is 5.06. The van der Waals surface area contributed by atoms with Crippen LogP contribution < -0.4 is 10.6 Å². The summed E-state index contributed by atoms with van der Waals surface area (Å²) in [7, 11) is 1.35. The second-order valence-electron chi connectivity index (χ2n) is 6.79. The first kappa shape index (κ1) is 18.9. The summed E-state index contributed by atoms with van der Waals surface area (Å²) in [5.74, 6) is -0.535. The zero-order valence-corrected chi connectivity index (χ0v) is 15.5. The van der Waals surface area contributed by atoms with Gasteiger partial charge in [-0.2, -0.15) is 0 Å². The van der Waals surface area contributed by atoms with E-state index in [1.165, 1.54) is 20.0 Å². The van der Waals surface area contributed by atoms with Crippen LogP contribution in [0.5, 0.6) is 0 Å². The van der Waals surface area contributed by atoms with E-state index in [-0.39, 0.29) is 11.9 Å². The Kier molecular flexibility index (Phi) is 6.41. The molecule has 3 rings (SSSR count). The van der Waals surface area contributed by atoms with Gasteiger partial charge in [-0.25, -0.2) is 4.79 Å². The monoisotopic (exact) mass is 367 g/mol. The zero-order chi connectivity index (χ0) is 19.1. The summed E-state index contributed by atoms with van der Waals surface area (Å²) >= 11 is 0. The molecule has 0 atom stereocenters. The van der Waals surface area contributed by atoms with Crippen molar-refractivity contribution in [3.63, 3.8) is 0 Å². The fraction of sp³-hybridized carbons (Fsp3) is 0.381. The minimum absolute atomic E-state index is 0.112. The maximum atomic E-state index is 12.6. The van der Waals surface area contributed by atoms with Gasteiger partial charge in [0.1, 0.15) is 0 Å². The number of rotatable bonds is 5. The molecule has 0 spiro atoms. The van der Waals surface area contributed by atoms with Gasteiger partial charge in [0.2, 0.25) is 0 Å². The highest BCUT2D eigenvalue weighted by Gasteiger charge is 2.17. The lowest BCUT2D eigenvalue weighted by atomic mass is 10.1. The van der Waals surface area contributed by atoms with Crippen molar-refractivity contribution >= 4 is 23.3 Å². The lowest BCUT2D eigenvalue weighted by Gasteiger charge is -2.16. The van der Waals surface area contributed by atoms with Crippen LogP contribution in [0.15, 0.2) is 42.7 Å². The Labute approximate surface area is 159 Å². The van der Waals surface area contributed by atoms with Crippen molar-refractivity contribution in [2.24, 2.45) is 0 Å². The van der Waals surface area contributed by atoms with Gasteiger partial charge in [0, 0.05) is 12.2 Å². The second-order valence-corrected chi connectivity index (χ2v) is 6.79. The fourth-order valence-corrected chi connectivity index (χ4v) is 3.36. The summed E-state index contributed by atoms with van der Waals surface area (Å²) in [5, 5.41) is 6.28. The molecule has 0 aliphatic heterocycles. The van der Waals surface area contributed by atoms with E-state index in [1.54, 1.807) is 36.7 Å². The van der Waals surface area contributed by atoms with Crippen LogP contribution in [0.1, 0.15) is 59.2 Å². The number of aromatic nitrogens is 1. The van der Waals surface area contributed by atoms with Gasteiger partial charge in [0.05, 0.1) is 35.8 Å². The van der Waals surface area contributed by atoms with Crippen LogP contribution in [-0.4, -0.2) is 30.0 Å². The third-order valence-corrected chi connectivity index (χ3v) is 4.80. The Morgan fingerprint density at radius 2 is 1.81 bits per heavy atom. The van der Waals surface area contributed by atoms with Crippen molar-refractivity contribution < 1.29 is 14.3 Å². The fourth-order valence-electron chi connectivity index (χ4n) is 3.36. The Morgan fingerprint density at radius 1 is 1.07 bits per heavy atom. The predicted octanol–water partition coefficient (Wildman–Crippen LogP) is 4.06. The van der Waals surface area contributed by atoms with Crippen molar-refractivity contribution in [1.29, 1.82) is 0 Å². The lowest BCUT2D eigenvalue weighted by Crippen LogP contribution is -2.34. The maximum Gasteiger partial charge on any atom is 0.339 e. The van der Waals surface area contributed by atoms with Gasteiger partial charge in [-0.1, -0.05) is 37.8 Å². The van der Waals surface area contributed by atoms with Crippen molar-refractivity contribution in [3.05, 3.63) is 53.9 Å².